The van der Waals surface area contributed by atoms with Crippen LogP contribution in [-0.2, 0) is 15.3 Å². The van der Waals surface area contributed by atoms with Crippen molar-refractivity contribution in [1.29, 1.82) is 0 Å². The Bertz CT molecular complexity index is 1240. The van der Waals surface area contributed by atoms with E-state index in [1.165, 1.54) is 11.8 Å². The molecule has 0 spiro atoms. The number of halogens is 1. The summed E-state index contributed by atoms with van der Waals surface area (Å²) in [5, 5.41) is 9.18. The lowest BCUT2D eigenvalue weighted by atomic mass is 9.95. The number of anilines is 1. The minimum absolute atomic E-state index is 0.255. The van der Waals surface area contributed by atoms with E-state index in [4.69, 9.17) is 30.9 Å². The third kappa shape index (κ3) is 4.71. The lowest BCUT2D eigenvalue weighted by Crippen LogP contribution is -2.30. The molecule has 1 aliphatic heterocycles. The summed E-state index contributed by atoms with van der Waals surface area (Å²) in [5.74, 6) is 1.91. The fraction of sp³-hybridized carbons (Fsp3) is 0.292. The monoisotopic (exact) mass is 500 g/mol. The van der Waals surface area contributed by atoms with Gasteiger partial charge in [0.2, 0.25) is 11.1 Å². The second-order valence-corrected chi connectivity index (χ2v) is 8.79. The Kier molecular flexibility index (Phi) is 7.33. The summed E-state index contributed by atoms with van der Waals surface area (Å²) in [6.45, 7) is 3.85. The molecule has 1 atom stereocenters. The van der Waals surface area contributed by atoms with E-state index in [-0.39, 0.29) is 6.61 Å². The Morgan fingerprint density at radius 3 is 2.71 bits per heavy atom. The third-order valence-corrected chi connectivity index (χ3v) is 6.63. The maximum Gasteiger partial charge on any atom is 0.338 e. The van der Waals surface area contributed by atoms with Crippen LogP contribution in [0.1, 0.15) is 31.0 Å². The third-order valence-electron chi connectivity index (χ3n) is 5.38. The fourth-order valence-corrected chi connectivity index (χ4v) is 4.87. The quantitative estimate of drug-likeness (QED) is 0.338. The average molecular weight is 501 g/mol. The van der Waals surface area contributed by atoms with Gasteiger partial charge in [-0.2, -0.15) is 4.98 Å². The molecule has 0 fully saturated rings. The number of thioether (sulfide) groups is 1. The number of fused-ring (bicyclic) bond motifs is 1. The number of carbonyl (C=O) groups excluding carboxylic acids is 1. The topological polar surface area (TPSA) is 87.5 Å². The van der Waals surface area contributed by atoms with E-state index in [1.54, 1.807) is 31.9 Å². The number of benzene rings is 2. The van der Waals surface area contributed by atoms with E-state index in [2.05, 4.69) is 10.3 Å². The van der Waals surface area contributed by atoms with Crippen LogP contribution in [0.4, 0.5) is 5.95 Å². The summed E-state index contributed by atoms with van der Waals surface area (Å²) in [6, 6.07) is 12.5. The zero-order chi connectivity index (χ0) is 24.2. The van der Waals surface area contributed by atoms with Crippen LogP contribution in [0.2, 0.25) is 5.02 Å². The van der Waals surface area contributed by atoms with E-state index in [0.29, 0.717) is 44.6 Å². The lowest BCUT2D eigenvalue weighted by Gasteiger charge is -2.29. The molecule has 0 bridgehead atoms. The maximum atomic E-state index is 13.0. The van der Waals surface area contributed by atoms with Gasteiger partial charge in [0.15, 0.2) is 0 Å². The largest absolute Gasteiger partial charge is 0.497 e. The van der Waals surface area contributed by atoms with Gasteiger partial charge in [0.05, 0.1) is 26.4 Å². The van der Waals surface area contributed by atoms with Crippen LogP contribution in [0.5, 0.6) is 11.5 Å². The van der Waals surface area contributed by atoms with Gasteiger partial charge in [-0.3, -0.25) is 0 Å². The molecule has 3 aromatic rings. The molecule has 1 aliphatic rings. The van der Waals surface area contributed by atoms with Gasteiger partial charge in [-0.1, -0.05) is 41.6 Å². The predicted molar refractivity (Wildman–Crippen MR) is 132 cm³/mol. The van der Waals surface area contributed by atoms with Gasteiger partial charge in [0.25, 0.3) is 0 Å². The van der Waals surface area contributed by atoms with Crippen LogP contribution in [0, 0.1) is 0 Å². The van der Waals surface area contributed by atoms with E-state index in [9.17, 15) is 4.79 Å². The Balaban J connectivity index is 1.76. The molecule has 0 saturated heterocycles. The highest BCUT2D eigenvalue weighted by atomic mass is 35.5. The van der Waals surface area contributed by atoms with Crippen molar-refractivity contribution in [2.45, 2.75) is 30.8 Å². The number of aromatic nitrogens is 3. The molecule has 0 saturated carbocycles. The Labute approximate surface area is 207 Å². The van der Waals surface area contributed by atoms with Crippen molar-refractivity contribution < 1.29 is 19.0 Å². The van der Waals surface area contributed by atoms with Gasteiger partial charge in [-0.15, -0.1) is 5.10 Å². The van der Waals surface area contributed by atoms with Crippen molar-refractivity contribution >= 4 is 35.3 Å². The second-order valence-electron chi connectivity index (χ2n) is 7.44. The number of ether oxygens (including phenoxy) is 3. The van der Waals surface area contributed by atoms with E-state index >= 15 is 0 Å². The molecule has 1 aromatic heterocycles. The first-order valence-electron chi connectivity index (χ1n) is 10.7. The molecule has 8 nitrogen and oxygen atoms in total. The predicted octanol–water partition coefficient (Wildman–Crippen LogP) is 5.09. The summed E-state index contributed by atoms with van der Waals surface area (Å²) in [6.07, 6.45) is 0. The number of rotatable bonds is 8. The van der Waals surface area contributed by atoms with E-state index in [1.807, 2.05) is 43.3 Å². The minimum Gasteiger partial charge on any atom is -0.497 e. The van der Waals surface area contributed by atoms with Crippen LogP contribution in [-0.4, -0.2) is 41.6 Å². The normalized spacial score (nSPS) is 14.9. The Morgan fingerprint density at radius 1 is 1.21 bits per heavy atom. The smallest absolute Gasteiger partial charge is 0.338 e. The van der Waals surface area contributed by atoms with Crippen LogP contribution in [0.25, 0.3) is 0 Å². The molecule has 34 heavy (non-hydrogen) atoms. The highest BCUT2D eigenvalue weighted by molar-refractivity contribution is 7.98. The van der Waals surface area contributed by atoms with Gasteiger partial charge in [-0.25, -0.2) is 9.48 Å². The highest BCUT2D eigenvalue weighted by Gasteiger charge is 2.37. The minimum atomic E-state index is -0.599. The number of allylic oxidation sites excluding steroid dienone is 1. The van der Waals surface area contributed by atoms with E-state index in [0.717, 1.165) is 11.1 Å². The summed E-state index contributed by atoms with van der Waals surface area (Å²) in [5.41, 5.74) is 2.81. The number of nitrogens with one attached hydrogen (secondary N) is 1. The molecule has 0 aliphatic carbocycles. The summed E-state index contributed by atoms with van der Waals surface area (Å²) >= 11 is 7.76. The summed E-state index contributed by atoms with van der Waals surface area (Å²) < 4.78 is 18.1. The van der Waals surface area contributed by atoms with Crippen LogP contribution in [0.15, 0.2) is 58.9 Å². The van der Waals surface area contributed by atoms with Gasteiger partial charge >= 0.3 is 5.97 Å². The highest BCUT2D eigenvalue weighted by Crippen LogP contribution is 2.41. The summed E-state index contributed by atoms with van der Waals surface area (Å²) in [4.78, 5) is 17.7. The fourth-order valence-electron chi connectivity index (χ4n) is 3.76. The van der Waals surface area contributed by atoms with Gasteiger partial charge < -0.3 is 19.5 Å². The zero-order valence-electron chi connectivity index (χ0n) is 19.3. The number of hydrogen-bond donors (Lipinski definition) is 1. The number of methoxy groups -OCH3 is 2. The van der Waals surface area contributed by atoms with Crippen LogP contribution >= 0.6 is 23.4 Å². The number of hydrogen-bond acceptors (Lipinski definition) is 8. The van der Waals surface area contributed by atoms with Crippen molar-refractivity contribution in [2.75, 3.05) is 26.1 Å². The van der Waals surface area contributed by atoms with Crippen molar-refractivity contribution in [1.82, 2.24) is 14.8 Å². The molecule has 1 N–H and O–H groups in total. The number of nitrogens with zero attached hydrogens (tertiary/aromatic N) is 3. The number of carbonyl (C=O) groups is 1. The van der Waals surface area contributed by atoms with Crippen molar-refractivity contribution in [3.63, 3.8) is 0 Å². The first kappa shape index (κ1) is 24.0. The van der Waals surface area contributed by atoms with Crippen molar-refractivity contribution in [2.24, 2.45) is 0 Å². The maximum absolute atomic E-state index is 13.0. The van der Waals surface area contributed by atoms with Crippen molar-refractivity contribution in [3.05, 3.63) is 69.9 Å². The summed E-state index contributed by atoms with van der Waals surface area (Å²) in [7, 11) is 3.16. The van der Waals surface area contributed by atoms with Gasteiger partial charge in [0, 0.05) is 28.1 Å². The number of esters is 1. The SMILES string of the molecule is CCOC(=O)C1=C(C)Nc2nc(SCc3ccccc3Cl)nn2C1c1ccc(OC)cc1OC. The molecule has 10 heteroatoms. The molecule has 2 aromatic carbocycles. The van der Waals surface area contributed by atoms with Crippen LogP contribution < -0.4 is 14.8 Å². The van der Waals surface area contributed by atoms with E-state index < -0.39 is 12.0 Å². The van der Waals surface area contributed by atoms with Gasteiger partial charge in [0.1, 0.15) is 17.5 Å². The molecule has 0 amide bonds. The first-order valence-corrected chi connectivity index (χ1v) is 12.0. The first-order chi connectivity index (χ1) is 16.5. The molecule has 1 unspecified atom stereocenters. The van der Waals surface area contributed by atoms with Crippen molar-refractivity contribution in [3.8, 4) is 11.5 Å². The standard InChI is InChI=1S/C24H25ClN4O4S/c1-5-33-22(30)20-14(2)26-23-27-24(34-13-15-8-6-7-9-18(15)25)28-29(23)21(20)17-11-10-16(31-3)12-19(17)32-4/h6-12,21H,5,13H2,1-4H3,(H,26,27,28). The molecule has 0 radical (unpaired) electrons. The molecular formula is C24H25ClN4O4S. The van der Waals surface area contributed by atoms with Crippen LogP contribution in [0.3, 0.4) is 0 Å². The second kappa shape index (κ2) is 10.4. The zero-order valence-corrected chi connectivity index (χ0v) is 20.9. The Morgan fingerprint density at radius 2 is 2.00 bits per heavy atom. The molecular weight excluding hydrogens is 476 g/mol. The lowest BCUT2D eigenvalue weighted by molar-refractivity contribution is -0.139. The Hall–Kier alpha value is -3.17. The molecule has 4 rings (SSSR count). The molecule has 178 valence electrons. The molecule has 2 heterocycles. The average Bonchev–Trinajstić information content (AvgIpc) is 3.24. The van der Waals surface area contributed by atoms with Gasteiger partial charge in [-0.05, 0) is 37.6 Å².